The fourth-order valence-corrected chi connectivity index (χ4v) is 3.49. The number of hydrogen-bond donors (Lipinski definition) is 1. The fourth-order valence-electron chi connectivity index (χ4n) is 3.49. The number of hydrogen-bond acceptors (Lipinski definition) is 5. The molecule has 1 amide bonds. The molecule has 0 atom stereocenters. The molecule has 4 rings (SSSR count). The summed E-state index contributed by atoms with van der Waals surface area (Å²) in [5, 5.41) is 6.88. The van der Waals surface area contributed by atoms with Crippen molar-refractivity contribution in [1.29, 1.82) is 0 Å². The minimum atomic E-state index is -0.359. The molecule has 1 N–H and O–H groups in total. The van der Waals surface area contributed by atoms with Crippen LogP contribution in [0.25, 0.3) is 11.4 Å². The number of rotatable bonds is 5. The molecule has 7 heteroatoms. The average Bonchev–Trinajstić information content (AvgIpc) is 3.17. The highest BCUT2D eigenvalue weighted by atomic mass is 19.1. The molecule has 1 fully saturated rings. The van der Waals surface area contributed by atoms with E-state index in [0.717, 1.165) is 31.5 Å². The van der Waals surface area contributed by atoms with E-state index in [0.29, 0.717) is 23.9 Å². The Hall–Kier alpha value is -3.06. The van der Waals surface area contributed by atoms with Crippen LogP contribution in [0.1, 0.15) is 24.3 Å². The van der Waals surface area contributed by atoms with Gasteiger partial charge in [-0.2, -0.15) is 4.98 Å². The first-order valence-electron chi connectivity index (χ1n) is 9.75. The summed E-state index contributed by atoms with van der Waals surface area (Å²) >= 11 is 0. The van der Waals surface area contributed by atoms with Gasteiger partial charge in [0.1, 0.15) is 5.82 Å². The highest BCUT2D eigenvalue weighted by Gasteiger charge is 2.26. The fraction of sp³-hybridized carbons (Fsp3) is 0.318. The number of halogens is 1. The van der Waals surface area contributed by atoms with E-state index in [1.165, 1.54) is 17.7 Å². The van der Waals surface area contributed by atoms with Crippen LogP contribution in [0.5, 0.6) is 0 Å². The van der Waals surface area contributed by atoms with Gasteiger partial charge in [0.05, 0.1) is 6.54 Å². The van der Waals surface area contributed by atoms with E-state index in [1.807, 2.05) is 31.2 Å². The Morgan fingerprint density at radius 3 is 2.69 bits per heavy atom. The van der Waals surface area contributed by atoms with Crippen LogP contribution in [0.4, 0.5) is 10.1 Å². The first-order chi connectivity index (χ1) is 14.1. The highest BCUT2D eigenvalue weighted by Crippen LogP contribution is 2.22. The van der Waals surface area contributed by atoms with Crippen molar-refractivity contribution in [2.24, 2.45) is 5.92 Å². The molecular weight excluding hydrogens is 371 g/mol. The number of benzene rings is 2. The normalized spacial score (nSPS) is 15.4. The van der Waals surface area contributed by atoms with Crippen molar-refractivity contribution in [3.63, 3.8) is 0 Å². The largest absolute Gasteiger partial charge is 0.338 e. The minimum absolute atomic E-state index is 0.0605. The molecule has 2 heterocycles. The molecule has 0 spiro atoms. The van der Waals surface area contributed by atoms with Gasteiger partial charge in [-0.15, -0.1) is 0 Å². The lowest BCUT2D eigenvalue weighted by atomic mass is 9.96. The summed E-state index contributed by atoms with van der Waals surface area (Å²) in [6.07, 6.45) is 1.47. The van der Waals surface area contributed by atoms with Crippen LogP contribution < -0.4 is 5.32 Å². The Morgan fingerprint density at radius 1 is 1.21 bits per heavy atom. The Bertz CT molecular complexity index is 978. The zero-order valence-corrected chi connectivity index (χ0v) is 16.3. The summed E-state index contributed by atoms with van der Waals surface area (Å²) in [6.45, 7) is 4.14. The number of nitrogens with zero attached hydrogens (tertiary/aromatic N) is 3. The van der Waals surface area contributed by atoms with Crippen LogP contribution in [0.3, 0.4) is 0 Å². The van der Waals surface area contributed by atoms with Crippen molar-refractivity contribution in [2.75, 3.05) is 18.4 Å². The summed E-state index contributed by atoms with van der Waals surface area (Å²) in [6, 6.07) is 14.0. The van der Waals surface area contributed by atoms with Gasteiger partial charge in [-0.3, -0.25) is 9.69 Å². The first-order valence-corrected chi connectivity index (χ1v) is 9.75. The lowest BCUT2D eigenvalue weighted by Crippen LogP contribution is -2.37. The number of carbonyl (C=O) groups excluding carboxylic acids is 1. The van der Waals surface area contributed by atoms with Gasteiger partial charge in [0, 0.05) is 17.2 Å². The molecule has 1 aliphatic heterocycles. The van der Waals surface area contributed by atoms with Crippen molar-refractivity contribution in [1.82, 2.24) is 15.0 Å². The second-order valence-corrected chi connectivity index (χ2v) is 7.43. The number of anilines is 1. The Balaban J connectivity index is 1.29. The van der Waals surface area contributed by atoms with Gasteiger partial charge in [0.15, 0.2) is 0 Å². The number of aromatic nitrogens is 2. The van der Waals surface area contributed by atoms with Crippen LogP contribution in [-0.4, -0.2) is 34.0 Å². The third kappa shape index (κ3) is 4.86. The molecule has 6 nitrogen and oxygen atoms in total. The molecule has 0 unspecified atom stereocenters. The third-order valence-corrected chi connectivity index (χ3v) is 5.19. The number of carbonyl (C=O) groups is 1. The van der Waals surface area contributed by atoms with Crippen LogP contribution in [0.15, 0.2) is 53.1 Å². The second kappa shape index (κ2) is 8.53. The van der Waals surface area contributed by atoms with Gasteiger partial charge < -0.3 is 9.84 Å². The molecule has 0 aliphatic carbocycles. The van der Waals surface area contributed by atoms with Crippen LogP contribution in [0.2, 0.25) is 0 Å². The maximum atomic E-state index is 13.3. The van der Waals surface area contributed by atoms with Gasteiger partial charge >= 0.3 is 0 Å². The lowest BCUT2D eigenvalue weighted by Gasteiger charge is -2.30. The van der Waals surface area contributed by atoms with E-state index in [2.05, 4.69) is 20.4 Å². The zero-order valence-electron chi connectivity index (χ0n) is 16.3. The second-order valence-electron chi connectivity index (χ2n) is 7.43. The summed E-state index contributed by atoms with van der Waals surface area (Å²) in [7, 11) is 0. The molecule has 2 aromatic carbocycles. The van der Waals surface area contributed by atoms with Gasteiger partial charge in [0.25, 0.3) is 0 Å². The van der Waals surface area contributed by atoms with Crippen LogP contribution in [0, 0.1) is 18.7 Å². The monoisotopic (exact) mass is 394 g/mol. The zero-order chi connectivity index (χ0) is 20.2. The quantitative estimate of drug-likeness (QED) is 0.707. The standard InChI is InChI=1S/C22H23FN4O2/c1-15-5-7-16(8-6-15)21-25-20(29-26-21)14-27-11-9-17(10-12-27)22(28)24-19-4-2-3-18(23)13-19/h2-8,13,17H,9-12,14H2,1H3,(H,24,28). The van der Waals surface area contributed by atoms with Crippen molar-refractivity contribution in [3.05, 3.63) is 65.8 Å². The minimum Gasteiger partial charge on any atom is -0.338 e. The third-order valence-electron chi connectivity index (χ3n) is 5.19. The Kier molecular flexibility index (Phi) is 5.67. The molecule has 1 saturated heterocycles. The van der Waals surface area contributed by atoms with Gasteiger partial charge in [-0.25, -0.2) is 4.39 Å². The van der Waals surface area contributed by atoms with Crippen LogP contribution >= 0.6 is 0 Å². The van der Waals surface area contributed by atoms with E-state index in [1.54, 1.807) is 12.1 Å². The SMILES string of the molecule is Cc1ccc(-c2noc(CN3CCC(C(=O)Nc4cccc(F)c4)CC3)n2)cc1. The summed E-state index contributed by atoms with van der Waals surface area (Å²) < 4.78 is 18.7. The number of likely N-dealkylation sites (tertiary alicyclic amines) is 1. The predicted molar refractivity (Wildman–Crippen MR) is 108 cm³/mol. The van der Waals surface area contributed by atoms with Gasteiger partial charge in [-0.1, -0.05) is 41.1 Å². The molecule has 0 radical (unpaired) electrons. The lowest BCUT2D eigenvalue weighted by molar-refractivity contribution is -0.121. The number of nitrogens with one attached hydrogen (secondary N) is 1. The summed E-state index contributed by atoms with van der Waals surface area (Å²) in [5.74, 6) is 0.657. The van der Waals surface area contributed by atoms with E-state index >= 15 is 0 Å². The topological polar surface area (TPSA) is 71.3 Å². The maximum Gasteiger partial charge on any atom is 0.241 e. The average molecular weight is 394 g/mol. The smallest absolute Gasteiger partial charge is 0.241 e. The number of piperidine rings is 1. The molecule has 0 bridgehead atoms. The van der Waals surface area contributed by atoms with E-state index in [-0.39, 0.29) is 17.6 Å². The van der Waals surface area contributed by atoms with Crippen molar-refractivity contribution >= 4 is 11.6 Å². The molecule has 29 heavy (non-hydrogen) atoms. The Labute approximate surface area is 168 Å². The molecule has 150 valence electrons. The van der Waals surface area contributed by atoms with Gasteiger partial charge in [0.2, 0.25) is 17.6 Å². The molecular formula is C22H23FN4O2. The van der Waals surface area contributed by atoms with Crippen LogP contribution in [-0.2, 0) is 11.3 Å². The Morgan fingerprint density at radius 2 is 1.97 bits per heavy atom. The van der Waals surface area contributed by atoms with Crippen molar-refractivity contribution in [2.45, 2.75) is 26.3 Å². The number of aryl methyl sites for hydroxylation is 1. The molecule has 0 saturated carbocycles. The van der Waals surface area contributed by atoms with E-state index in [4.69, 9.17) is 4.52 Å². The predicted octanol–water partition coefficient (Wildman–Crippen LogP) is 4.03. The summed E-state index contributed by atoms with van der Waals surface area (Å²) in [4.78, 5) is 19.1. The molecule has 3 aromatic rings. The van der Waals surface area contributed by atoms with Crippen molar-refractivity contribution in [3.8, 4) is 11.4 Å². The summed E-state index contributed by atoms with van der Waals surface area (Å²) in [5.41, 5.74) is 2.60. The maximum absolute atomic E-state index is 13.3. The van der Waals surface area contributed by atoms with Gasteiger partial charge in [-0.05, 0) is 51.1 Å². The molecule has 1 aromatic heterocycles. The first kappa shape index (κ1) is 19.3. The number of amides is 1. The molecule has 1 aliphatic rings. The van der Waals surface area contributed by atoms with E-state index in [9.17, 15) is 9.18 Å². The van der Waals surface area contributed by atoms with E-state index < -0.39 is 0 Å². The highest BCUT2D eigenvalue weighted by molar-refractivity contribution is 5.92. The van der Waals surface area contributed by atoms with Crippen molar-refractivity contribution < 1.29 is 13.7 Å².